The highest BCUT2D eigenvalue weighted by molar-refractivity contribution is 6.30. The Hall–Kier alpha value is -0.820. The largest absolute Gasteiger partial charge is 0.286 e. The topological polar surface area (TPSA) is 12.4 Å². The van der Waals surface area contributed by atoms with Crippen LogP contribution in [0.15, 0.2) is 29.3 Å². The van der Waals surface area contributed by atoms with E-state index in [2.05, 4.69) is 12.3 Å². The van der Waals surface area contributed by atoms with Crippen molar-refractivity contribution in [1.82, 2.24) is 0 Å². The summed E-state index contributed by atoms with van der Waals surface area (Å²) in [5.74, 6) is 2.88. The van der Waals surface area contributed by atoms with Crippen LogP contribution in [0.3, 0.4) is 0 Å². The molecule has 0 saturated heterocycles. The second kappa shape index (κ2) is 4.34. The molecule has 1 aromatic rings. The Kier molecular flexibility index (Phi) is 2.73. The summed E-state index contributed by atoms with van der Waals surface area (Å²) in [6, 6.07) is 8.02. The second-order valence-electron chi connectivity index (χ2n) is 6.96. The van der Waals surface area contributed by atoms with Gasteiger partial charge in [0.25, 0.3) is 0 Å². The van der Waals surface area contributed by atoms with Crippen LogP contribution < -0.4 is 0 Å². The standard InChI is InChI=1S/C17H20ClN/c18-16-3-1-2-12(7-16)11-19-17-8-13-4-14(9-17)6-15(5-13)10-17/h1-3,7,11,13-15H,4-6,8-10H2. The molecule has 4 fully saturated rings. The van der Waals surface area contributed by atoms with E-state index in [1.165, 1.54) is 38.5 Å². The number of nitrogens with zero attached hydrogens (tertiary/aromatic N) is 1. The predicted molar refractivity (Wildman–Crippen MR) is 79.9 cm³/mol. The lowest BCUT2D eigenvalue weighted by molar-refractivity contribution is 0.00195. The maximum absolute atomic E-state index is 6.04. The van der Waals surface area contributed by atoms with Gasteiger partial charge in [0.15, 0.2) is 0 Å². The molecule has 4 bridgehead atoms. The fourth-order valence-corrected chi connectivity index (χ4v) is 5.22. The predicted octanol–water partition coefficient (Wildman–Crippen LogP) is 4.73. The molecule has 100 valence electrons. The van der Waals surface area contributed by atoms with Crippen LogP contribution in [0.5, 0.6) is 0 Å². The lowest BCUT2D eigenvalue weighted by Gasteiger charge is -2.54. The lowest BCUT2D eigenvalue weighted by Crippen LogP contribution is -2.49. The fraction of sp³-hybridized carbons (Fsp3) is 0.588. The van der Waals surface area contributed by atoms with E-state index in [1.54, 1.807) is 0 Å². The van der Waals surface area contributed by atoms with Gasteiger partial charge in [0, 0.05) is 11.2 Å². The van der Waals surface area contributed by atoms with Gasteiger partial charge in [0.05, 0.1) is 5.54 Å². The monoisotopic (exact) mass is 273 g/mol. The molecule has 19 heavy (non-hydrogen) atoms. The van der Waals surface area contributed by atoms with Gasteiger partial charge in [0.2, 0.25) is 0 Å². The summed E-state index contributed by atoms with van der Waals surface area (Å²) in [4.78, 5) is 5.04. The van der Waals surface area contributed by atoms with Crippen LogP contribution in [-0.4, -0.2) is 11.8 Å². The van der Waals surface area contributed by atoms with Gasteiger partial charge in [-0.05, 0) is 74.0 Å². The summed E-state index contributed by atoms with van der Waals surface area (Å²) in [7, 11) is 0. The Labute approximate surface area is 120 Å². The molecule has 0 N–H and O–H groups in total. The van der Waals surface area contributed by atoms with Crippen LogP contribution in [0, 0.1) is 17.8 Å². The minimum absolute atomic E-state index is 0.275. The van der Waals surface area contributed by atoms with Gasteiger partial charge in [-0.2, -0.15) is 0 Å². The summed E-state index contributed by atoms with van der Waals surface area (Å²) >= 11 is 6.04. The van der Waals surface area contributed by atoms with Gasteiger partial charge in [-0.3, -0.25) is 4.99 Å². The first-order valence-corrected chi connectivity index (χ1v) is 7.89. The van der Waals surface area contributed by atoms with Crippen molar-refractivity contribution in [2.24, 2.45) is 22.7 Å². The fourth-order valence-electron chi connectivity index (χ4n) is 5.02. The van der Waals surface area contributed by atoms with Gasteiger partial charge in [0.1, 0.15) is 0 Å². The average molecular weight is 274 g/mol. The zero-order valence-electron chi connectivity index (χ0n) is 11.2. The van der Waals surface area contributed by atoms with Crippen LogP contribution in [0.1, 0.15) is 44.1 Å². The second-order valence-corrected chi connectivity index (χ2v) is 7.39. The molecule has 1 nitrogen and oxygen atoms in total. The smallest absolute Gasteiger partial charge is 0.0616 e. The molecule has 4 aliphatic rings. The first kappa shape index (κ1) is 12.0. The minimum Gasteiger partial charge on any atom is -0.286 e. The van der Waals surface area contributed by atoms with Crippen LogP contribution in [0.25, 0.3) is 0 Å². The number of hydrogen-bond donors (Lipinski definition) is 0. The highest BCUT2D eigenvalue weighted by atomic mass is 35.5. The maximum atomic E-state index is 6.04. The molecule has 0 atom stereocenters. The van der Waals surface area contributed by atoms with E-state index in [0.717, 1.165) is 28.3 Å². The molecule has 0 amide bonds. The molecule has 4 saturated carbocycles. The Bertz CT molecular complexity index is 484. The van der Waals surface area contributed by atoms with Gasteiger partial charge >= 0.3 is 0 Å². The van der Waals surface area contributed by atoms with Crippen molar-refractivity contribution in [2.75, 3.05) is 0 Å². The average Bonchev–Trinajstić information content (AvgIpc) is 2.35. The van der Waals surface area contributed by atoms with E-state index < -0.39 is 0 Å². The molecule has 0 heterocycles. The van der Waals surface area contributed by atoms with E-state index >= 15 is 0 Å². The Morgan fingerprint density at radius 2 is 1.68 bits per heavy atom. The molecule has 4 aliphatic carbocycles. The molecular formula is C17H20ClN. The van der Waals surface area contributed by atoms with Crippen molar-refractivity contribution >= 4 is 17.8 Å². The maximum Gasteiger partial charge on any atom is 0.0616 e. The van der Waals surface area contributed by atoms with Crippen LogP contribution in [0.4, 0.5) is 0 Å². The van der Waals surface area contributed by atoms with Gasteiger partial charge in [-0.25, -0.2) is 0 Å². The van der Waals surface area contributed by atoms with Gasteiger partial charge < -0.3 is 0 Å². The SMILES string of the molecule is Clc1cccc(C=NC23CC4CC(CC(C4)C2)C3)c1. The minimum atomic E-state index is 0.275. The molecular weight excluding hydrogens is 254 g/mol. The Morgan fingerprint density at radius 3 is 2.26 bits per heavy atom. The van der Waals surface area contributed by atoms with Crippen LogP contribution in [-0.2, 0) is 0 Å². The van der Waals surface area contributed by atoms with Crippen molar-refractivity contribution in [1.29, 1.82) is 0 Å². The normalized spacial score (nSPS) is 40.2. The highest BCUT2D eigenvalue weighted by Crippen LogP contribution is 2.57. The van der Waals surface area contributed by atoms with Gasteiger partial charge in [-0.1, -0.05) is 23.7 Å². The van der Waals surface area contributed by atoms with Crippen molar-refractivity contribution in [2.45, 2.75) is 44.1 Å². The third-order valence-electron chi connectivity index (χ3n) is 5.34. The van der Waals surface area contributed by atoms with Crippen molar-refractivity contribution in [3.05, 3.63) is 34.9 Å². The van der Waals surface area contributed by atoms with Crippen molar-refractivity contribution < 1.29 is 0 Å². The Morgan fingerprint density at radius 1 is 1.05 bits per heavy atom. The van der Waals surface area contributed by atoms with Crippen LogP contribution >= 0.6 is 11.6 Å². The molecule has 0 aromatic heterocycles. The molecule has 0 radical (unpaired) electrons. The summed E-state index contributed by atoms with van der Waals surface area (Å²) < 4.78 is 0. The number of rotatable bonds is 2. The van der Waals surface area contributed by atoms with E-state index in [4.69, 9.17) is 16.6 Å². The van der Waals surface area contributed by atoms with E-state index in [0.29, 0.717) is 0 Å². The van der Waals surface area contributed by atoms with E-state index in [9.17, 15) is 0 Å². The molecule has 2 heteroatoms. The molecule has 0 spiro atoms. The third-order valence-corrected chi connectivity index (χ3v) is 5.58. The van der Waals surface area contributed by atoms with Crippen molar-refractivity contribution in [3.63, 3.8) is 0 Å². The van der Waals surface area contributed by atoms with Crippen LogP contribution in [0.2, 0.25) is 5.02 Å². The molecule has 0 unspecified atom stereocenters. The van der Waals surface area contributed by atoms with Gasteiger partial charge in [-0.15, -0.1) is 0 Å². The number of halogens is 1. The molecule has 5 rings (SSSR count). The summed E-state index contributed by atoms with van der Waals surface area (Å²) in [6.45, 7) is 0. The summed E-state index contributed by atoms with van der Waals surface area (Å²) in [5, 5.41) is 0.800. The number of aliphatic imine (C=N–C) groups is 1. The quantitative estimate of drug-likeness (QED) is 0.691. The first-order valence-electron chi connectivity index (χ1n) is 7.52. The summed E-state index contributed by atoms with van der Waals surface area (Å²) in [6.07, 6.45) is 10.5. The zero-order valence-corrected chi connectivity index (χ0v) is 11.9. The third kappa shape index (κ3) is 2.23. The van der Waals surface area contributed by atoms with E-state index in [1.807, 2.05) is 18.2 Å². The number of hydrogen-bond acceptors (Lipinski definition) is 1. The Balaban J connectivity index is 1.59. The van der Waals surface area contributed by atoms with Crippen molar-refractivity contribution in [3.8, 4) is 0 Å². The highest BCUT2D eigenvalue weighted by Gasteiger charge is 2.50. The zero-order chi connectivity index (χ0) is 12.9. The molecule has 1 aromatic carbocycles. The molecule has 0 aliphatic heterocycles. The van der Waals surface area contributed by atoms with E-state index in [-0.39, 0.29) is 5.54 Å². The first-order chi connectivity index (χ1) is 9.21. The summed E-state index contributed by atoms with van der Waals surface area (Å²) in [5.41, 5.74) is 1.42. The lowest BCUT2D eigenvalue weighted by atomic mass is 9.53. The number of benzene rings is 1.